The summed E-state index contributed by atoms with van der Waals surface area (Å²) in [5.74, 6) is 1.41. The summed E-state index contributed by atoms with van der Waals surface area (Å²) in [6, 6.07) is 8.98. The molecule has 1 saturated carbocycles. The molecule has 0 heterocycles. The third-order valence-electron chi connectivity index (χ3n) is 4.14. The van der Waals surface area contributed by atoms with Crippen molar-refractivity contribution in [2.45, 2.75) is 38.6 Å². The summed E-state index contributed by atoms with van der Waals surface area (Å²) in [6.45, 7) is 3.08. The second-order valence-electron chi connectivity index (χ2n) is 5.76. The third-order valence-corrected chi connectivity index (χ3v) is 4.14. The summed E-state index contributed by atoms with van der Waals surface area (Å²) in [7, 11) is 0. The second-order valence-corrected chi connectivity index (χ2v) is 5.76. The van der Waals surface area contributed by atoms with Crippen LogP contribution < -0.4 is 11.1 Å². The molecule has 1 aromatic rings. The summed E-state index contributed by atoms with van der Waals surface area (Å²) in [6.07, 6.45) is 5.01. The molecule has 3 heteroatoms. The number of carbonyl (C=O) groups is 1. The van der Waals surface area contributed by atoms with E-state index in [1.165, 1.54) is 25.7 Å². The number of amides is 1. The molecule has 1 aromatic carbocycles. The van der Waals surface area contributed by atoms with Crippen molar-refractivity contribution in [3.63, 3.8) is 0 Å². The fourth-order valence-electron chi connectivity index (χ4n) is 2.70. The summed E-state index contributed by atoms with van der Waals surface area (Å²) in [5.41, 5.74) is 6.84. The van der Waals surface area contributed by atoms with E-state index in [0.29, 0.717) is 5.92 Å². The van der Waals surface area contributed by atoms with Crippen LogP contribution >= 0.6 is 0 Å². The minimum Gasteiger partial charge on any atom is -0.354 e. The molecule has 0 radical (unpaired) electrons. The van der Waals surface area contributed by atoms with Gasteiger partial charge >= 0.3 is 0 Å². The molecule has 3 N–H and O–H groups in total. The van der Waals surface area contributed by atoms with Gasteiger partial charge in [-0.05, 0) is 30.2 Å². The zero-order valence-electron chi connectivity index (χ0n) is 11.6. The molecule has 1 amide bonds. The van der Waals surface area contributed by atoms with Gasteiger partial charge in [0.25, 0.3) is 0 Å². The van der Waals surface area contributed by atoms with Crippen LogP contribution in [0.25, 0.3) is 0 Å². The predicted octanol–water partition coefficient (Wildman–Crippen LogP) is 2.63. The molecule has 0 aliphatic heterocycles. The van der Waals surface area contributed by atoms with Crippen molar-refractivity contribution >= 4 is 5.91 Å². The standard InChI is InChI=1S/C16H24N2O/c1-12-7-9-13(10-8-12)11-18-16(19)15(17)14-5-3-2-4-6-14/h2-6,12-13,15H,7-11,17H2,1H3,(H,18,19)/t12?,13?,15-/m0/s1. The van der Waals surface area contributed by atoms with Crippen molar-refractivity contribution in [3.8, 4) is 0 Å². The van der Waals surface area contributed by atoms with Crippen molar-refractivity contribution < 1.29 is 4.79 Å². The van der Waals surface area contributed by atoms with Crippen LogP contribution in [-0.2, 0) is 4.79 Å². The normalized spacial score (nSPS) is 24.7. The highest BCUT2D eigenvalue weighted by molar-refractivity contribution is 5.82. The summed E-state index contributed by atoms with van der Waals surface area (Å²) in [4.78, 5) is 12.0. The Morgan fingerprint density at radius 2 is 1.89 bits per heavy atom. The molecule has 0 aromatic heterocycles. The minimum atomic E-state index is -0.552. The molecule has 1 atom stereocenters. The van der Waals surface area contributed by atoms with E-state index in [9.17, 15) is 4.79 Å². The highest BCUT2D eigenvalue weighted by Gasteiger charge is 2.20. The number of rotatable bonds is 4. The Morgan fingerprint density at radius 3 is 2.53 bits per heavy atom. The van der Waals surface area contributed by atoms with Crippen LogP contribution in [-0.4, -0.2) is 12.5 Å². The lowest BCUT2D eigenvalue weighted by atomic mass is 9.83. The van der Waals surface area contributed by atoms with E-state index in [4.69, 9.17) is 5.73 Å². The van der Waals surface area contributed by atoms with Gasteiger partial charge < -0.3 is 11.1 Å². The first-order valence-corrected chi connectivity index (χ1v) is 7.25. The number of nitrogens with one attached hydrogen (secondary N) is 1. The molecule has 3 nitrogen and oxygen atoms in total. The Kier molecular flexibility index (Phi) is 4.97. The van der Waals surface area contributed by atoms with E-state index in [1.54, 1.807) is 0 Å². The van der Waals surface area contributed by atoms with Crippen LogP contribution in [0.4, 0.5) is 0 Å². The molecule has 104 valence electrons. The fourth-order valence-corrected chi connectivity index (χ4v) is 2.70. The zero-order chi connectivity index (χ0) is 13.7. The lowest BCUT2D eigenvalue weighted by Gasteiger charge is -2.26. The largest absolute Gasteiger partial charge is 0.354 e. The van der Waals surface area contributed by atoms with Gasteiger partial charge in [0.05, 0.1) is 0 Å². The second kappa shape index (κ2) is 6.71. The maximum Gasteiger partial charge on any atom is 0.241 e. The molecule has 19 heavy (non-hydrogen) atoms. The molecule has 2 rings (SSSR count). The highest BCUT2D eigenvalue weighted by atomic mass is 16.2. The van der Waals surface area contributed by atoms with Crippen LogP contribution in [0, 0.1) is 11.8 Å². The number of nitrogens with two attached hydrogens (primary N) is 1. The Morgan fingerprint density at radius 1 is 1.26 bits per heavy atom. The Hall–Kier alpha value is -1.35. The highest BCUT2D eigenvalue weighted by Crippen LogP contribution is 2.27. The zero-order valence-corrected chi connectivity index (χ0v) is 11.6. The van der Waals surface area contributed by atoms with Crippen molar-refractivity contribution in [2.24, 2.45) is 17.6 Å². The number of benzene rings is 1. The van der Waals surface area contributed by atoms with Crippen LogP contribution in [0.2, 0.25) is 0 Å². The monoisotopic (exact) mass is 260 g/mol. The van der Waals surface area contributed by atoms with Gasteiger partial charge in [-0.1, -0.05) is 50.1 Å². The van der Waals surface area contributed by atoms with Crippen molar-refractivity contribution in [2.75, 3.05) is 6.54 Å². The van der Waals surface area contributed by atoms with Crippen LogP contribution in [0.5, 0.6) is 0 Å². The maximum absolute atomic E-state index is 12.0. The smallest absolute Gasteiger partial charge is 0.241 e. The summed E-state index contributed by atoms with van der Waals surface area (Å²) in [5, 5.41) is 3.00. The van der Waals surface area contributed by atoms with Crippen molar-refractivity contribution in [1.82, 2.24) is 5.32 Å². The van der Waals surface area contributed by atoms with Gasteiger partial charge in [0.1, 0.15) is 6.04 Å². The number of hydrogen-bond acceptors (Lipinski definition) is 2. The molecule has 0 unspecified atom stereocenters. The van der Waals surface area contributed by atoms with Crippen LogP contribution in [0.15, 0.2) is 30.3 Å². The average molecular weight is 260 g/mol. The van der Waals surface area contributed by atoms with Gasteiger partial charge in [-0.25, -0.2) is 0 Å². The topological polar surface area (TPSA) is 55.1 Å². The van der Waals surface area contributed by atoms with Crippen molar-refractivity contribution in [3.05, 3.63) is 35.9 Å². The summed E-state index contributed by atoms with van der Waals surface area (Å²) >= 11 is 0. The molecular weight excluding hydrogens is 236 g/mol. The Bertz CT molecular complexity index is 396. The SMILES string of the molecule is CC1CCC(CNC(=O)[C@@H](N)c2ccccc2)CC1. The first kappa shape index (κ1) is 14.1. The van der Waals surface area contributed by atoms with Gasteiger partial charge in [0.15, 0.2) is 0 Å². The molecule has 1 aliphatic rings. The molecule has 1 aliphatic carbocycles. The van der Waals surface area contributed by atoms with Crippen molar-refractivity contribution in [1.29, 1.82) is 0 Å². The first-order chi connectivity index (χ1) is 9.16. The van der Waals surface area contributed by atoms with Gasteiger partial charge in [-0.2, -0.15) is 0 Å². The molecule has 1 fully saturated rings. The molecule has 0 bridgehead atoms. The Labute approximate surface area is 115 Å². The lowest BCUT2D eigenvalue weighted by molar-refractivity contribution is -0.122. The van der Waals surface area contributed by atoms with Crippen LogP contribution in [0.3, 0.4) is 0 Å². The van der Waals surface area contributed by atoms with E-state index >= 15 is 0 Å². The van der Waals surface area contributed by atoms with E-state index < -0.39 is 6.04 Å². The molecular formula is C16H24N2O. The number of hydrogen-bond donors (Lipinski definition) is 2. The van der Waals surface area contributed by atoms with E-state index in [1.807, 2.05) is 30.3 Å². The lowest BCUT2D eigenvalue weighted by Crippen LogP contribution is -2.37. The van der Waals surface area contributed by atoms with Crippen LogP contribution in [0.1, 0.15) is 44.2 Å². The van der Waals surface area contributed by atoms with Gasteiger partial charge in [0, 0.05) is 6.54 Å². The summed E-state index contributed by atoms with van der Waals surface area (Å²) < 4.78 is 0. The van der Waals surface area contributed by atoms with Gasteiger partial charge in [0.2, 0.25) is 5.91 Å². The molecule has 0 spiro atoms. The third kappa shape index (κ3) is 4.06. The van der Waals surface area contributed by atoms with E-state index in [2.05, 4.69) is 12.2 Å². The maximum atomic E-state index is 12.0. The Balaban J connectivity index is 1.78. The van der Waals surface area contributed by atoms with Gasteiger partial charge in [-0.3, -0.25) is 4.79 Å². The predicted molar refractivity (Wildman–Crippen MR) is 77.5 cm³/mol. The minimum absolute atomic E-state index is 0.0650. The van der Waals surface area contributed by atoms with E-state index in [0.717, 1.165) is 18.0 Å². The first-order valence-electron chi connectivity index (χ1n) is 7.25. The quantitative estimate of drug-likeness (QED) is 0.874. The van der Waals surface area contributed by atoms with Gasteiger partial charge in [-0.15, -0.1) is 0 Å². The molecule has 0 saturated heterocycles. The average Bonchev–Trinajstić information content (AvgIpc) is 2.46. The van der Waals surface area contributed by atoms with E-state index in [-0.39, 0.29) is 5.91 Å². The fraction of sp³-hybridized carbons (Fsp3) is 0.562. The number of carbonyl (C=O) groups excluding carboxylic acids is 1.